The Morgan fingerprint density at radius 3 is 2.27 bits per heavy atom. The number of anilines is 1. The average Bonchev–Trinajstić information content (AvgIpc) is 3.31. The van der Waals surface area contributed by atoms with Crippen LogP contribution in [0.3, 0.4) is 0 Å². The van der Waals surface area contributed by atoms with Crippen LogP contribution in [0.15, 0.2) is 30.3 Å². The molecule has 3 fully saturated rings. The quantitative estimate of drug-likeness (QED) is 0.746. The maximum Gasteiger partial charge on any atom is 0.171 e. The van der Waals surface area contributed by atoms with Gasteiger partial charge in [0.1, 0.15) is 0 Å². The number of nitrogens with one attached hydrogen (secondary N) is 3. The molecule has 1 aromatic rings. The van der Waals surface area contributed by atoms with Crippen LogP contribution in [0.2, 0.25) is 0 Å². The van der Waals surface area contributed by atoms with Crippen LogP contribution in [-0.2, 0) is 0 Å². The highest BCUT2D eigenvalue weighted by Crippen LogP contribution is 2.27. The standard InChI is InChI=1S/C18H25N3S/c22-18(19-13-5-2-1-3-6-13)20-14-11-16-7-4-8-17(12-14)21(16)15-9-10-15/h1-3,5-6,14-17H,4,7-12H2,(H2,19,20,22)/p+1/t16-,17-/m1/s1. The molecule has 2 aliphatic heterocycles. The Bertz CT molecular complexity index is 514. The van der Waals surface area contributed by atoms with Crippen LogP contribution in [0.1, 0.15) is 44.9 Å². The van der Waals surface area contributed by atoms with Crippen molar-refractivity contribution in [2.45, 2.75) is 69.1 Å². The number of hydrogen-bond donors (Lipinski definition) is 3. The van der Waals surface area contributed by atoms with Crippen LogP contribution in [0.25, 0.3) is 0 Å². The van der Waals surface area contributed by atoms with Gasteiger partial charge in [0.15, 0.2) is 5.11 Å². The lowest BCUT2D eigenvalue weighted by molar-refractivity contribution is -0.971. The molecule has 3 aliphatic rings. The van der Waals surface area contributed by atoms with Crippen molar-refractivity contribution in [3.05, 3.63) is 30.3 Å². The van der Waals surface area contributed by atoms with Crippen molar-refractivity contribution in [3.63, 3.8) is 0 Å². The Balaban J connectivity index is 1.35. The van der Waals surface area contributed by atoms with Gasteiger partial charge in [-0.1, -0.05) is 18.2 Å². The molecule has 1 aliphatic carbocycles. The van der Waals surface area contributed by atoms with Gasteiger partial charge in [-0.25, -0.2) is 0 Å². The van der Waals surface area contributed by atoms with Crippen LogP contribution in [0, 0.1) is 0 Å². The maximum atomic E-state index is 5.51. The predicted octanol–water partition coefficient (Wildman–Crippen LogP) is 2.10. The van der Waals surface area contributed by atoms with Crippen molar-refractivity contribution in [1.82, 2.24) is 5.32 Å². The van der Waals surface area contributed by atoms with Crippen LogP contribution in [0.4, 0.5) is 5.69 Å². The molecule has 3 N–H and O–H groups in total. The fraction of sp³-hybridized carbons (Fsp3) is 0.611. The molecule has 3 nitrogen and oxygen atoms in total. The molecule has 0 unspecified atom stereocenters. The Kier molecular flexibility index (Phi) is 4.05. The normalized spacial score (nSPS) is 34.0. The lowest BCUT2D eigenvalue weighted by Gasteiger charge is -2.46. The van der Waals surface area contributed by atoms with Gasteiger partial charge in [0.25, 0.3) is 0 Å². The van der Waals surface area contributed by atoms with E-state index in [2.05, 4.69) is 22.8 Å². The highest BCUT2D eigenvalue weighted by molar-refractivity contribution is 7.80. The molecule has 2 heterocycles. The van der Waals surface area contributed by atoms with Gasteiger partial charge in [0, 0.05) is 37.4 Å². The van der Waals surface area contributed by atoms with Crippen LogP contribution < -0.4 is 15.5 Å². The summed E-state index contributed by atoms with van der Waals surface area (Å²) in [6, 6.07) is 13.5. The van der Waals surface area contributed by atoms with Gasteiger partial charge in [-0.3, -0.25) is 0 Å². The maximum absolute atomic E-state index is 5.51. The molecule has 1 saturated carbocycles. The first-order chi connectivity index (χ1) is 10.8. The largest absolute Gasteiger partial charge is 0.359 e. The summed E-state index contributed by atoms with van der Waals surface area (Å²) in [7, 11) is 0. The third-order valence-corrected chi connectivity index (χ3v) is 5.82. The zero-order valence-electron chi connectivity index (χ0n) is 13.1. The van der Waals surface area contributed by atoms with E-state index < -0.39 is 0 Å². The van der Waals surface area contributed by atoms with Crippen LogP contribution >= 0.6 is 12.2 Å². The molecule has 2 atom stereocenters. The first-order valence-electron chi connectivity index (χ1n) is 8.79. The Hall–Kier alpha value is -1.13. The van der Waals surface area contributed by atoms with E-state index in [-0.39, 0.29) is 0 Å². The van der Waals surface area contributed by atoms with Crippen molar-refractivity contribution in [2.75, 3.05) is 5.32 Å². The second kappa shape index (κ2) is 6.17. The van der Waals surface area contributed by atoms with Gasteiger partial charge in [-0.15, -0.1) is 0 Å². The number of rotatable bonds is 3. The summed E-state index contributed by atoms with van der Waals surface area (Å²) in [6.07, 6.45) is 9.78. The molecule has 0 aromatic heterocycles. The SMILES string of the molecule is S=C(Nc1ccccc1)NC1C[C@H]2CCC[C@H](C1)[NH+]2C1CC1. The van der Waals surface area contributed by atoms with Gasteiger partial charge >= 0.3 is 0 Å². The number of para-hydroxylation sites is 1. The zero-order valence-corrected chi connectivity index (χ0v) is 13.9. The summed E-state index contributed by atoms with van der Waals surface area (Å²) in [5, 5.41) is 7.68. The molecule has 0 radical (unpaired) electrons. The second-order valence-electron chi connectivity index (χ2n) is 7.23. The van der Waals surface area contributed by atoms with Crippen molar-refractivity contribution >= 4 is 23.0 Å². The number of hydrogen-bond acceptors (Lipinski definition) is 1. The number of piperidine rings is 2. The molecule has 2 saturated heterocycles. The van der Waals surface area contributed by atoms with E-state index in [1.165, 1.54) is 44.9 Å². The lowest BCUT2D eigenvalue weighted by atomic mass is 9.81. The second-order valence-corrected chi connectivity index (χ2v) is 7.64. The molecular formula is C18H26N3S+. The topological polar surface area (TPSA) is 28.5 Å². The number of benzene rings is 1. The van der Waals surface area contributed by atoms with E-state index in [9.17, 15) is 0 Å². The van der Waals surface area contributed by atoms with E-state index in [4.69, 9.17) is 12.2 Å². The molecule has 4 heteroatoms. The Morgan fingerprint density at radius 1 is 0.955 bits per heavy atom. The molecular weight excluding hydrogens is 290 g/mol. The fourth-order valence-electron chi connectivity index (χ4n) is 4.64. The van der Waals surface area contributed by atoms with Crippen molar-refractivity contribution in [3.8, 4) is 0 Å². The molecule has 0 amide bonds. The summed E-state index contributed by atoms with van der Waals surface area (Å²) in [6.45, 7) is 0. The highest BCUT2D eigenvalue weighted by Gasteiger charge is 2.48. The minimum Gasteiger partial charge on any atom is -0.359 e. The zero-order chi connectivity index (χ0) is 14.9. The number of thiocarbonyl (C=S) groups is 1. The first kappa shape index (κ1) is 14.5. The van der Waals surface area contributed by atoms with Crippen molar-refractivity contribution < 1.29 is 4.90 Å². The minimum atomic E-state index is 0.557. The number of fused-ring (bicyclic) bond motifs is 2. The third kappa shape index (κ3) is 3.13. The van der Waals surface area contributed by atoms with Crippen LogP contribution in [-0.4, -0.2) is 29.3 Å². The third-order valence-electron chi connectivity index (χ3n) is 5.60. The van der Waals surface area contributed by atoms with E-state index in [1.54, 1.807) is 0 Å². The van der Waals surface area contributed by atoms with E-state index in [1.807, 2.05) is 23.1 Å². The molecule has 118 valence electrons. The average molecular weight is 316 g/mol. The fourth-order valence-corrected chi connectivity index (χ4v) is 4.93. The first-order valence-corrected chi connectivity index (χ1v) is 9.19. The van der Waals surface area contributed by atoms with Crippen molar-refractivity contribution in [1.29, 1.82) is 0 Å². The van der Waals surface area contributed by atoms with Crippen molar-refractivity contribution in [2.24, 2.45) is 0 Å². The minimum absolute atomic E-state index is 0.557. The van der Waals surface area contributed by atoms with Gasteiger partial charge in [0.2, 0.25) is 0 Å². The predicted molar refractivity (Wildman–Crippen MR) is 94.2 cm³/mol. The molecule has 0 spiro atoms. The molecule has 1 aromatic carbocycles. The summed E-state index contributed by atoms with van der Waals surface area (Å²) in [4.78, 5) is 1.95. The van der Waals surface area contributed by atoms with E-state index in [0.717, 1.165) is 28.9 Å². The van der Waals surface area contributed by atoms with Gasteiger partial charge in [0.05, 0.1) is 18.1 Å². The van der Waals surface area contributed by atoms with Gasteiger partial charge < -0.3 is 15.5 Å². The molecule has 2 bridgehead atoms. The smallest absolute Gasteiger partial charge is 0.171 e. The summed E-state index contributed by atoms with van der Waals surface area (Å²) in [5.74, 6) is 0. The Morgan fingerprint density at radius 2 is 1.64 bits per heavy atom. The van der Waals surface area contributed by atoms with Crippen LogP contribution in [0.5, 0.6) is 0 Å². The summed E-state index contributed by atoms with van der Waals surface area (Å²) < 4.78 is 0. The molecule has 22 heavy (non-hydrogen) atoms. The Labute approximate surface area is 138 Å². The molecule has 4 rings (SSSR count). The highest BCUT2D eigenvalue weighted by atomic mass is 32.1. The van der Waals surface area contributed by atoms with E-state index in [0.29, 0.717) is 6.04 Å². The van der Waals surface area contributed by atoms with Gasteiger partial charge in [-0.05, 0) is 43.6 Å². The summed E-state index contributed by atoms with van der Waals surface area (Å²) >= 11 is 5.51. The van der Waals surface area contributed by atoms with E-state index >= 15 is 0 Å². The monoisotopic (exact) mass is 316 g/mol. The van der Waals surface area contributed by atoms with Gasteiger partial charge in [-0.2, -0.15) is 0 Å². The lowest BCUT2D eigenvalue weighted by Crippen LogP contribution is -3.22. The number of quaternary nitrogens is 1. The summed E-state index contributed by atoms with van der Waals surface area (Å²) in [5.41, 5.74) is 1.07.